The minimum atomic E-state index is -1.14. The molecular formula is C36H45N9O6S. The maximum atomic E-state index is 13.7. The molecule has 0 saturated carbocycles. The highest BCUT2D eigenvalue weighted by atomic mass is 32.2. The number of terminal acetylenes is 1. The van der Waals surface area contributed by atoms with Gasteiger partial charge < -0.3 is 38.9 Å². The van der Waals surface area contributed by atoms with Gasteiger partial charge >= 0.3 is 0 Å². The van der Waals surface area contributed by atoms with Gasteiger partial charge in [-0.15, -0.1) is 12.3 Å². The number of nitrogens with two attached hydrogens (primary N) is 4. The lowest BCUT2D eigenvalue weighted by Crippen LogP contribution is -2.54. The number of carbonyl (C=O) groups is 6. The Morgan fingerprint density at radius 1 is 0.865 bits per heavy atom. The molecule has 11 N–H and O–H groups in total. The normalized spacial score (nSPS) is 14.9. The molecular weight excluding hydrogens is 687 g/mol. The van der Waals surface area contributed by atoms with Crippen LogP contribution in [-0.4, -0.2) is 77.4 Å². The van der Waals surface area contributed by atoms with E-state index < -0.39 is 47.7 Å². The number of guanidine groups is 1. The van der Waals surface area contributed by atoms with E-state index in [9.17, 15) is 28.8 Å². The number of nitrogens with zero attached hydrogens (tertiary/aromatic N) is 2. The second-order valence-electron chi connectivity index (χ2n) is 11.8. The van der Waals surface area contributed by atoms with Gasteiger partial charge in [0.2, 0.25) is 17.7 Å². The van der Waals surface area contributed by atoms with E-state index in [1.165, 1.54) is 12.1 Å². The van der Waals surface area contributed by atoms with Gasteiger partial charge in [0.1, 0.15) is 18.1 Å². The fraction of sp³-hybridized carbons (Fsp3) is 0.361. The fourth-order valence-electron chi connectivity index (χ4n) is 5.17. The summed E-state index contributed by atoms with van der Waals surface area (Å²) in [6.45, 7) is 0.783. The maximum absolute atomic E-state index is 13.7. The lowest BCUT2D eigenvalue weighted by atomic mass is 10.0. The molecule has 52 heavy (non-hydrogen) atoms. The number of primary amides is 1. The van der Waals surface area contributed by atoms with Crippen molar-refractivity contribution in [3.8, 4) is 12.3 Å². The Labute approximate surface area is 306 Å². The molecule has 1 fully saturated rings. The van der Waals surface area contributed by atoms with Crippen molar-refractivity contribution in [3.63, 3.8) is 0 Å². The summed E-state index contributed by atoms with van der Waals surface area (Å²) in [6.07, 6.45) is 9.49. The monoisotopic (exact) mass is 731 g/mol. The van der Waals surface area contributed by atoms with Crippen LogP contribution in [0.3, 0.4) is 0 Å². The van der Waals surface area contributed by atoms with Crippen molar-refractivity contribution >= 4 is 58.6 Å². The SMILES string of the molecule is C#CCCCN1C(=O)S/C(=C\c2ccc(C(=O)N[C@@H](CCCN=C(N)N)C(=O)N[C@@H](CCCCN)C(=O)N[C@H](C(N)=O)c3ccccc3)cc2)C1=O. The molecule has 0 bridgehead atoms. The molecule has 1 saturated heterocycles. The van der Waals surface area contributed by atoms with Crippen LogP contribution in [-0.2, 0) is 19.2 Å². The zero-order valence-corrected chi connectivity index (χ0v) is 29.5. The van der Waals surface area contributed by atoms with E-state index in [0.717, 1.165) is 16.7 Å². The number of aliphatic imine (C=N–C) groups is 1. The molecule has 0 aliphatic carbocycles. The highest BCUT2D eigenvalue weighted by Crippen LogP contribution is 2.32. The van der Waals surface area contributed by atoms with Gasteiger partial charge in [-0.1, -0.05) is 42.5 Å². The third kappa shape index (κ3) is 12.6. The van der Waals surface area contributed by atoms with E-state index in [-0.39, 0.29) is 47.6 Å². The molecule has 0 radical (unpaired) electrons. The second-order valence-corrected chi connectivity index (χ2v) is 12.8. The van der Waals surface area contributed by atoms with Crippen LogP contribution in [0.2, 0.25) is 0 Å². The molecule has 3 atom stereocenters. The lowest BCUT2D eigenvalue weighted by Gasteiger charge is -2.25. The number of thioether (sulfide) groups is 1. The van der Waals surface area contributed by atoms with Gasteiger partial charge in [-0.05, 0) is 86.2 Å². The van der Waals surface area contributed by atoms with Crippen molar-refractivity contribution in [2.75, 3.05) is 19.6 Å². The van der Waals surface area contributed by atoms with Crippen molar-refractivity contribution in [2.24, 2.45) is 27.9 Å². The van der Waals surface area contributed by atoms with E-state index in [0.29, 0.717) is 49.8 Å². The summed E-state index contributed by atoms with van der Waals surface area (Å²) in [7, 11) is 0. The van der Waals surface area contributed by atoms with Crippen LogP contribution < -0.4 is 38.9 Å². The van der Waals surface area contributed by atoms with Crippen LogP contribution in [0.5, 0.6) is 0 Å². The van der Waals surface area contributed by atoms with Gasteiger partial charge in [0, 0.05) is 25.1 Å². The summed E-state index contributed by atoms with van der Waals surface area (Å²) < 4.78 is 0. The summed E-state index contributed by atoms with van der Waals surface area (Å²) in [5.41, 5.74) is 23.4. The summed E-state index contributed by atoms with van der Waals surface area (Å²) in [4.78, 5) is 83.3. The first-order chi connectivity index (χ1) is 24.9. The molecule has 6 amide bonds. The van der Waals surface area contributed by atoms with Crippen molar-refractivity contribution in [1.82, 2.24) is 20.9 Å². The van der Waals surface area contributed by atoms with Crippen molar-refractivity contribution in [1.29, 1.82) is 0 Å². The third-order valence-corrected chi connectivity index (χ3v) is 8.81. The summed E-state index contributed by atoms with van der Waals surface area (Å²) in [6, 6.07) is 11.4. The minimum Gasteiger partial charge on any atom is -0.370 e. The van der Waals surface area contributed by atoms with E-state index in [4.69, 9.17) is 29.4 Å². The molecule has 1 heterocycles. The first-order valence-corrected chi connectivity index (χ1v) is 17.6. The number of imide groups is 1. The highest BCUT2D eigenvalue weighted by molar-refractivity contribution is 8.18. The van der Waals surface area contributed by atoms with Crippen LogP contribution in [0.1, 0.15) is 72.5 Å². The predicted molar refractivity (Wildman–Crippen MR) is 200 cm³/mol. The van der Waals surface area contributed by atoms with Crippen LogP contribution in [0.4, 0.5) is 4.79 Å². The summed E-state index contributed by atoms with van der Waals surface area (Å²) in [5, 5.41) is 7.71. The smallest absolute Gasteiger partial charge is 0.293 e. The molecule has 16 heteroatoms. The molecule has 1 aliphatic heterocycles. The zero-order valence-electron chi connectivity index (χ0n) is 28.7. The molecule has 276 valence electrons. The molecule has 0 aromatic heterocycles. The van der Waals surface area contributed by atoms with Crippen molar-refractivity contribution < 1.29 is 28.8 Å². The molecule has 0 unspecified atom stereocenters. The number of carbonyl (C=O) groups excluding carboxylic acids is 6. The van der Waals surface area contributed by atoms with Crippen molar-refractivity contribution in [3.05, 3.63) is 76.2 Å². The number of unbranched alkanes of at least 4 members (excludes halogenated alkanes) is 2. The summed E-state index contributed by atoms with van der Waals surface area (Å²) in [5.74, 6) is -0.692. The van der Waals surface area contributed by atoms with Crippen LogP contribution in [0, 0.1) is 12.3 Å². The van der Waals surface area contributed by atoms with Gasteiger partial charge in [-0.3, -0.25) is 38.7 Å². The van der Waals surface area contributed by atoms with E-state index in [2.05, 4.69) is 26.9 Å². The maximum Gasteiger partial charge on any atom is 0.293 e. The van der Waals surface area contributed by atoms with Gasteiger partial charge in [-0.2, -0.15) is 0 Å². The number of benzene rings is 2. The summed E-state index contributed by atoms with van der Waals surface area (Å²) >= 11 is 0.825. The Bertz CT molecular complexity index is 1690. The zero-order chi connectivity index (χ0) is 38.0. The number of hydrogen-bond donors (Lipinski definition) is 7. The Balaban J connectivity index is 1.76. The molecule has 15 nitrogen and oxygen atoms in total. The number of hydrogen-bond acceptors (Lipinski definition) is 9. The fourth-order valence-corrected chi connectivity index (χ4v) is 6.03. The van der Waals surface area contributed by atoms with Gasteiger partial charge in [0.15, 0.2) is 5.96 Å². The molecule has 2 aromatic carbocycles. The predicted octanol–water partition coefficient (Wildman–Crippen LogP) is 1.24. The Kier molecular flexibility index (Phi) is 16.4. The lowest BCUT2D eigenvalue weighted by molar-refractivity contribution is -0.132. The van der Waals surface area contributed by atoms with Crippen LogP contribution in [0.15, 0.2) is 64.5 Å². The van der Waals surface area contributed by atoms with Crippen LogP contribution >= 0.6 is 11.8 Å². The third-order valence-electron chi connectivity index (χ3n) is 7.90. The van der Waals surface area contributed by atoms with E-state index in [1.54, 1.807) is 48.5 Å². The topological polar surface area (TPSA) is 258 Å². The van der Waals surface area contributed by atoms with E-state index in [1.807, 2.05) is 0 Å². The largest absolute Gasteiger partial charge is 0.370 e. The van der Waals surface area contributed by atoms with E-state index >= 15 is 0 Å². The second kappa shape index (κ2) is 20.9. The number of amides is 6. The van der Waals surface area contributed by atoms with Crippen molar-refractivity contribution in [2.45, 2.75) is 63.1 Å². The minimum absolute atomic E-state index is 0.120. The standard InChI is InChI=1S/C36H45N9O6S/c1-2-3-9-21-45-34(50)28(52-36(45)51)22-23-15-17-25(18-16-23)31(47)42-27(14-10-20-41-35(39)40)32(48)43-26(13-7-8-19-37)33(49)44-29(30(38)46)24-11-5-4-6-12-24/h1,4-6,11-12,15-18,22,26-27,29H,3,7-10,13-14,19-21,37H2,(H2,38,46)(H,42,47)(H,43,48)(H,44,49)(H4,39,40,41)/b28-22-/t26-,27-,29-/m0/s1. The Hall–Kier alpha value is -5.66. The molecule has 3 rings (SSSR count). The van der Waals surface area contributed by atoms with Gasteiger partial charge in [0.05, 0.1) is 4.91 Å². The van der Waals surface area contributed by atoms with Gasteiger partial charge in [-0.25, -0.2) is 0 Å². The quantitative estimate of drug-likeness (QED) is 0.0337. The number of rotatable bonds is 20. The first-order valence-electron chi connectivity index (χ1n) is 16.7. The first kappa shape index (κ1) is 40.8. The molecule has 0 spiro atoms. The average Bonchev–Trinajstić information content (AvgIpc) is 3.38. The Morgan fingerprint density at radius 3 is 2.15 bits per heavy atom. The molecule has 1 aliphatic rings. The molecule has 2 aromatic rings. The highest BCUT2D eigenvalue weighted by Gasteiger charge is 2.34. The number of nitrogens with one attached hydrogen (secondary N) is 3. The Morgan fingerprint density at radius 2 is 1.52 bits per heavy atom. The van der Waals surface area contributed by atoms with Gasteiger partial charge in [0.25, 0.3) is 17.1 Å². The van der Waals surface area contributed by atoms with Crippen LogP contribution in [0.25, 0.3) is 6.08 Å². The average molecular weight is 732 g/mol.